The maximum atomic E-state index is 6.05. The predicted molar refractivity (Wildman–Crippen MR) is 87.6 cm³/mol. The van der Waals surface area contributed by atoms with Crippen molar-refractivity contribution in [2.45, 2.75) is 19.9 Å². The first-order chi connectivity index (χ1) is 10.1. The molecule has 1 aromatic carbocycles. The summed E-state index contributed by atoms with van der Waals surface area (Å²) in [6, 6.07) is 8.59. The van der Waals surface area contributed by atoms with E-state index in [4.69, 9.17) is 10.5 Å². The van der Waals surface area contributed by atoms with Gasteiger partial charge in [-0.3, -0.25) is 4.90 Å². The predicted octanol–water partition coefficient (Wildman–Crippen LogP) is 1.97. The van der Waals surface area contributed by atoms with Gasteiger partial charge in [0.1, 0.15) is 5.75 Å². The third kappa shape index (κ3) is 4.43. The summed E-state index contributed by atoms with van der Waals surface area (Å²) in [5.41, 5.74) is 7.30. The molecule has 0 aliphatic carbocycles. The molecular weight excluding hydrogens is 262 g/mol. The topological polar surface area (TPSA) is 41.7 Å². The average molecular weight is 291 g/mol. The Labute approximate surface area is 128 Å². The van der Waals surface area contributed by atoms with Crippen LogP contribution in [-0.2, 0) is 0 Å². The Balaban J connectivity index is 1.99. The molecular formula is C17H29N3O. The molecule has 2 rings (SSSR count). The largest absolute Gasteiger partial charge is 0.497 e. The number of nitrogens with zero attached hydrogens (tertiary/aromatic N) is 2. The maximum absolute atomic E-state index is 6.05. The molecule has 0 radical (unpaired) electrons. The SMILES string of the molecule is COc1cccc(C(CN)N2CCN(CC(C)C)CC2)c1. The first-order valence-electron chi connectivity index (χ1n) is 7.94. The van der Waals surface area contributed by atoms with Gasteiger partial charge in [0.2, 0.25) is 0 Å². The molecule has 4 heteroatoms. The van der Waals surface area contributed by atoms with Crippen LogP contribution in [0.25, 0.3) is 0 Å². The van der Waals surface area contributed by atoms with Crippen molar-refractivity contribution >= 4 is 0 Å². The minimum absolute atomic E-state index is 0.293. The molecule has 0 bridgehead atoms. The Morgan fingerprint density at radius 1 is 1.19 bits per heavy atom. The van der Waals surface area contributed by atoms with Crippen LogP contribution in [0.1, 0.15) is 25.5 Å². The standard InChI is InChI=1S/C17H29N3O/c1-14(2)13-19-7-9-20(10-8-19)17(12-18)15-5-4-6-16(11-15)21-3/h4-6,11,14,17H,7-10,12-13,18H2,1-3H3. The van der Waals surface area contributed by atoms with Gasteiger partial charge in [0.05, 0.1) is 7.11 Å². The van der Waals surface area contributed by atoms with E-state index < -0.39 is 0 Å². The van der Waals surface area contributed by atoms with E-state index in [0.29, 0.717) is 12.6 Å². The fourth-order valence-corrected chi connectivity index (χ4v) is 3.12. The number of hydrogen-bond donors (Lipinski definition) is 1. The number of methoxy groups -OCH3 is 1. The Morgan fingerprint density at radius 3 is 2.48 bits per heavy atom. The molecule has 1 heterocycles. The molecule has 1 fully saturated rings. The molecule has 21 heavy (non-hydrogen) atoms. The van der Waals surface area contributed by atoms with Crippen LogP contribution in [0.5, 0.6) is 5.75 Å². The van der Waals surface area contributed by atoms with Crippen molar-refractivity contribution in [3.8, 4) is 5.75 Å². The third-order valence-corrected chi connectivity index (χ3v) is 4.17. The van der Waals surface area contributed by atoms with Gasteiger partial charge in [-0.25, -0.2) is 0 Å². The summed E-state index contributed by atoms with van der Waals surface area (Å²) < 4.78 is 5.33. The highest BCUT2D eigenvalue weighted by molar-refractivity contribution is 5.30. The lowest BCUT2D eigenvalue weighted by Crippen LogP contribution is -2.49. The highest BCUT2D eigenvalue weighted by atomic mass is 16.5. The zero-order chi connectivity index (χ0) is 15.2. The second-order valence-electron chi connectivity index (χ2n) is 6.26. The van der Waals surface area contributed by atoms with E-state index in [9.17, 15) is 0 Å². The molecule has 2 N–H and O–H groups in total. The number of rotatable bonds is 6. The second kappa shape index (κ2) is 7.78. The summed E-state index contributed by atoms with van der Waals surface area (Å²) in [6.07, 6.45) is 0. The number of nitrogens with two attached hydrogens (primary N) is 1. The van der Waals surface area contributed by atoms with Crippen molar-refractivity contribution in [3.05, 3.63) is 29.8 Å². The Morgan fingerprint density at radius 2 is 1.90 bits per heavy atom. The van der Waals surface area contributed by atoms with Gasteiger partial charge in [-0.15, -0.1) is 0 Å². The van der Waals surface area contributed by atoms with Gasteiger partial charge in [0, 0.05) is 45.3 Å². The molecule has 0 aromatic heterocycles. The first-order valence-corrected chi connectivity index (χ1v) is 7.94. The molecule has 1 atom stereocenters. The zero-order valence-corrected chi connectivity index (χ0v) is 13.6. The van der Waals surface area contributed by atoms with Crippen LogP contribution in [0, 0.1) is 5.92 Å². The second-order valence-corrected chi connectivity index (χ2v) is 6.26. The first kappa shape index (κ1) is 16.3. The Kier molecular flexibility index (Phi) is 6.03. The van der Waals surface area contributed by atoms with Crippen molar-refractivity contribution in [2.24, 2.45) is 11.7 Å². The summed E-state index contributed by atoms with van der Waals surface area (Å²) in [5.74, 6) is 1.64. The molecule has 1 unspecified atom stereocenters. The molecule has 0 spiro atoms. The highest BCUT2D eigenvalue weighted by Gasteiger charge is 2.24. The van der Waals surface area contributed by atoms with Crippen molar-refractivity contribution < 1.29 is 4.74 Å². The van der Waals surface area contributed by atoms with Gasteiger partial charge in [-0.1, -0.05) is 26.0 Å². The van der Waals surface area contributed by atoms with Crippen LogP contribution in [0.4, 0.5) is 0 Å². The van der Waals surface area contributed by atoms with Gasteiger partial charge >= 0.3 is 0 Å². The zero-order valence-electron chi connectivity index (χ0n) is 13.6. The van der Waals surface area contributed by atoms with E-state index in [1.165, 1.54) is 12.1 Å². The fourth-order valence-electron chi connectivity index (χ4n) is 3.12. The summed E-state index contributed by atoms with van der Waals surface area (Å²) in [5, 5.41) is 0. The van der Waals surface area contributed by atoms with E-state index >= 15 is 0 Å². The molecule has 118 valence electrons. The molecule has 0 amide bonds. The van der Waals surface area contributed by atoms with E-state index in [-0.39, 0.29) is 0 Å². The van der Waals surface area contributed by atoms with Gasteiger partial charge in [-0.05, 0) is 23.6 Å². The highest BCUT2D eigenvalue weighted by Crippen LogP contribution is 2.24. The van der Waals surface area contributed by atoms with E-state index in [1.54, 1.807) is 7.11 Å². The van der Waals surface area contributed by atoms with Crippen molar-refractivity contribution in [2.75, 3.05) is 46.4 Å². The fraction of sp³-hybridized carbons (Fsp3) is 0.647. The lowest BCUT2D eigenvalue weighted by Gasteiger charge is -2.39. The molecule has 1 aliphatic rings. The molecule has 1 aliphatic heterocycles. The van der Waals surface area contributed by atoms with Crippen LogP contribution < -0.4 is 10.5 Å². The van der Waals surface area contributed by atoms with Crippen molar-refractivity contribution in [1.29, 1.82) is 0 Å². The number of piperazine rings is 1. The van der Waals surface area contributed by atoms with E-state index in [0.717, 1.165) is 37.8 Å². The van der Waals surface area contributed by atoms with E-state index in [2.05, 4.69) is 35.8 Å². The Bertz CT molecular complexity index is 428. The summed E-state index contributed by atoms with van der Waals surface area (Å²) in [6.45, 7) is 10.9. The lowest BCUT2D eigenvalue weighted by molar-refractivity contribution is 0.0911. The maximum Gasteiger partial charge on any atom is 0.119 e. The number of ether oxygens (including phenoxy) is 1. The number of benzene rings is 1. The summed E-state index contributed by atoms with van der Waals surface area (Å²) in [4.78, 5) is 5.06. The van der Waals surface area contributed by atoms with Gasteiger partial charge in [0.25, 0.3) is 0 Å². The molecule has 4 nitrogen and oxygen atoms in total. The third-order valence-electron chi connectivity index (χ3n) is 4.17. The van der Waals surface area contributed by atoms with Gasteiger partial charge in [-0.2, -0.15) is 0 Å². The molecule has 1 saturated heterocycles. The minimum Gasteiger partial charge on any atom is -0.497 e. The summed E-state index contributed by atoms with van der Waals surface area (Å²) in [7, 11) is 1.71. The number of hydrogen-bond acceptors (Lipinski definition) is 4. The van der Waals surface area contributed by atoms with Crippen molar-refractivity contribution in [3.63, 3.8) is 0 Å². The van der Waals surface area contributed by atoms with Crippen molar-refractivity contribution in [1.82, 2.24) is 9.80 Å². The van der Waals surface area contributed by atoms with Crippen LogP contribution in [0.15, 0.2) is 24.3 Å². The lowest BCUT2D eigenvalue weighted by atomic mass is 10.0. The average Bonchev–Trinajstić information content (AvgIpc) is 2.49. The minimum atomic E-state index is 0.293. The van der Waals surface area contributed by atoms with Gasteiger partial charge in [0.15, 0.2) is 0 Å². The Hall–Kier alpha value is -1.10. The van der Waals surface area contributed by atoms with Crippen LogP contribution in [0.3, 0.4) is 0 Å². The van der Waals surface area contributed by atoms with Crippen LogP contribution in [0.2, 0.25) is 0 Å². The smallest absolute Gasteiger partial charge is 0.119 e. The molecule has 0 saturated carbocycles. The quantitative estimate of drug-likeness (QED) is 0.870. The van der Waals surface area contributed by atoms with Crippen LogP contribution >= 0.6 is 0 Å². The monoisotopic (exact) mass is 291 g/mol. The normalized spacial score (nSPS) is 18.9. The summed E-state index contributed by atoms with van der Waals surface area (Å²) >= 11 is 0. The van der Waals surface area contributed by atoms with Crippen LogP contribution in [-0.4, -0.2) is 56.2 Å². The van der Waals surface area contributed by atoms with Gasteiger partial charge < -0.3 is 15.4 Å². The van der Waals surface area contributed by atoms with E-state index in [1.807, 2.05) is 12.1 Å². The molecule has 1 aromatic rings.